The quantitative estimate of drug-likeness (QED) is 0.614. The maximum atomic E-state index is 8.88. The summed E-state index contributed by atoms with van der Waals surface area (Å²) in [6, 6.07) is 1.17. The average molecular weight is 160 g/mol. The van der Waals surface area contributed by atoms with E-state index < -0.39 is 0 Å². The van der Waals surface area contributed by atoms with Gasteiger partial charge in [-0.3, -0.25) is 0 Å². The van der Waals surface area contributed by atoms with E-state index in [0.717, 1.165) is 11.0 Å². The van der Waals surface area contributed by atoms with Gasteiger partial charge in [-0.15, -0.1) is 0 Å². The van der Waals surface area contributed by atoms with Crippen LogP contribution in [-0.4, -0.2) is 41.9 Å². The van der Waals surface area contributed by atoms with Crippen LogP contribution in [0.25, 0.3) is 0 Å². The molecule has 0 spiro atoms. The minimum absolute atomic E-state index is 0.285. The first-order valence-electron chi connectivity index (χ1n) is 4.41. The van der Waals surface area contributed by atoms with Crippen LogP contribution in [0.5, 0.6) is 0 Å². The van der Waals surface area contributed by atoms with Gasteiger partial charge in [0, 0.05) is 0 Å². The molecule has 0 atom stereocenters. The van der Waals surface area contributed by atoms with Crippen LogP contribution in [0.1, 0.15) is 27.7 Å². The lowest BCUT2D eigenvalue weighted by molar-refractivity contribution is -0.949. The Morgan fingerprint density at radius 3 is 1.55 bits per heavy atom. The van der Waals surface area contributed by atoms with E-state index in [4.69, 9.17) is 5.11 Å². The fraction of sp³-hybridized carbons (Fsp3) is 1.00. The van der Waals surface area contributed by atoms with Gasteiger partial charge in [0.1, 0.15) is 6.54 Å². The largest absolute Gasteiger partial charge is 0.391 e. The molecule has 11 heavy (non-hydrogen) atoms. The average Bonchev–Trinajstić information content (AvgIpc) is 1.87. The molecule has 2 heteroatoms. The van der Waals surface area contributed by atoms with E-state index in [-0.39, 0.29) is 6.61 Å². The maximum Gasteiger partial charge on any atom is 0.102 e. The predicted octanol–water partition coefficient (Wildman–Crippen LogP) is 1.24. The summed E-state index contributed by atoms with van der Waals surface area (Å²) >= 11 is 0. The number of aliphatic hydroxyl groups is 1. The number of nitrogens with zero attached hydrogens (tertiary/aromatic N) is 1. The third-order valence-corrected chi connectivity index (χ3v) is 2.94. The Hall–Kier alpha value is -0.0800. The first-order valence-corrected chi connectivity index (χ1v) is 4.41. The second kappa shape index (κ2) is 4.07. The van der Waals surface area contributed by atoms with Crippen molar-refractivity contribution in [1.82, 2.24) is 0 Å². The van der Waals surface area contributed by atoms with Gasteiger partial charge >= 0.3 is 0 Å². The predicted molar refractivity (Wildman–Crippen MR) is 48.4 cm³/mol. The van der Waals surface area contributed by atoms with Crippen LogP contribution in [-0.2, 0) is 0 Å². The van der Waals surface area contributed by atoms with E-state index in [0.29, 0.717) is 12.1 Å². The highest BCUT2D eigenvalue weighted by molar-refractivity contribution is 4.49. The summed E-state index contributed by atoms with van der Waals surface area (Å²) in [5.41, 5.74) is 0. The zero-order valence-electron chi connectivity index (χ0n) is 8.46. The van der Waals surface area contributed by atoms with E-state index in [1.165, 1.54) is 0 Å². The first-order chi connectivity index (χ1) is 4.95. The monoisotopic (exact) mass is 160 g/mol. The zero-order chi connectivity index (χ0) is 9.07. The maximum absolute atomic E-state index is 8.88. The van der Waals surface area contributed by atoms with Gasteiger partial charge < -0.3 is 9.59 Å². The molecular weight excluding hydrogens is 138 g/mol. The zero-order valence-corrected chi connectivity index (χ0v) is 8.46. The van der Waals surface area contributed by atoms with Crippen molar-refractivity contribution in [3.63, 3.8) is 0 Å². The van der Waals surface area contributed by atoms with E-state index in [2.05, 4.69) is 34.7 Å². The molecule has 0 aliphatic heterocycles. The van der Waals surface area contributed by atoms with E-state index >= 15 is 0 Å². The van der Waals surface area contributed by atoms with Gasteiger partial charge in [0.15, 0.2) is 0 Å². The highest BCUT2D eigenvalue weighted by Crippen LogP contribution is 2.14. The normalized spacial score (nSPS) is 13.1. The molecule has 0 heterocycles. The highest BCUT2D eigenvalue weighted by Gasteiger charge is 2.28. The van der Waals surface area contributed by atoms with Gasteiger partial charge in [0.05, 0.1) is 25.7 Å². The third kappa shape index (κ3) is 2.46. The van der Waals surface area contributed by atoms with Crippen molar-refractivity contribution in [3.8, 4) is 0 Å². The van der Waals surface area contributed by atoms with Gasteiger partial charge in [-0.2, -0.15) is 0 Å². The Kier molecular flexibility index (Phi) is 4.04. The molecule has 0 saturated carbocycles. The van der Waals surface area contributed by atoms with Crippen LogP contribution in [0.4, 0.5) is 0 Å². The Balaban J connectivity index is 4.26. The van der Waals surface area contributed by atoms with Crippen molar-refractivity contribution in [2.75, 3.05) is 20.2 Å². The number of hydrogen-bond acceptors (Lipinski definition) is 1. The van der Waals surface area contributed by atoms with Crippen molar-refractivity contribution in [3.05, 3.63) is 0 Å². The smallest absolute Gasteiger partial charge is 0.102 e. The second-order valence-corrected chi connectivity index (χ2v) is 3.98. The van der Waals surface area contributed by atoms with Crippen molar-refractivity contribution >= 4 is 0 Å². The van der Waals surface area contributed by atoms with Gasteiger partial charge in [0.25, 0.3) is 0 Å². The molecular formula is C9H22NO+. The molecule has 68 valence electrons. The number of rotatable bonds is 4. The lowest BCUT2D eigenvalue weighted by atomic mass is 10.1. The molecule has 1 N–H and O–H groups in total. The highest BCUT2D eigenvalue weighted by atomic mass is 16.3. The first kappa shape index (κ1) is 10.9. The van der Waals surface area contributed by atoms with Gasteiger partial charge in [-0.1, -0.05) is 0 Å². The SMILES string of the molecule is CC(C)[N+](C)(CCO)C(C)C. The molecule has 0 unspecified atom stereocenters. The Morgan fingerprint density at radius 1 is 1.09 bits per heavy atom. The lowest BCUT2D eigenvalue weighted by Crippen LogP contribution is -2.55. The topological polar surface area (TPSA) is 20.2 Å². The minimum atomic E-state index is 0.285. The van der Waals surface area contributed by atoms with Gasteiger partial charge in [-0.25, -0.2) is 0 Å². The van der Waals surface area contributed by atoms with Crippen LogP contribution < -0.4 is 0 Å². The summed E-state index contributed by atoms with van der Waals surface area (Å²) in [5.74, 6) is 0. The van der Waals surface area contributed by atoms with Crippen molar-refractivity contribution in [2.45, 2.75) is 39.8 Å². The Labute approximate surface area is 70.4 Å². The molecule has 0 aromatic rings. The summed E-state index contributed by atoms with van der Waals surface area (Å²) < 4.78 is 0.955. The van der Waals surface area contributed by atoms with Crippen LogP contribution in [0.15, 0.2) is 0 Å². The molecule has 0 aliphatic rings. The molecule has 0 radical (unpaired) electrons. The molecule has 0 fully saturated rings. The van der Waals surface area contributed by atoms with Crippen molar-refractivity contribution in [2.24, 2.45) is 0 Å². The Morgan fingerprint density at radius 2 is 1.45 bits per heavy atom. The molecule has 0 rings (SSSR count). The van der Waals surface area contributed by atoms with E-state index in [9.17, 15) is 0 Å². The van der Waals surface area contributed by atoms with Crippen molar-refractivity contribution < 1.29 is 9.59 Å². The van der Waals surface area contributed by atoms with Crippen LogP contribution in [0.3, 0.4) is 0 Å². The number of likely N-dealkylation sites (N-methyl/N-ethyl adjacent to an activating group) is 1. The molecule has 0 aliphatic carbocycles. The molecule has 2 nitrogen and oxygen atoms in total. The number of aliphatic hydroxyl groups excluding tert-OH is 1. The minimum Gasteiger partial charge on any atom is -0.391 e. The van der Waals surface area contributed by atoms with Gasteiger partial charge in [-0.05, 0) is 27.7 Å². The summed E-state index contributed by atoms with van der Waals surface area (Å²) in [6.07, 6.45) is 0. The molecule has 0 aromatic heterocycles. The molecule has 0 aromatic carbocycles. The lowest BCUT2D eigenvalue weighted by Gasteiger charge is -2.42. The van der Waals surface area contributed by atoms with Gasteiger partial charge in [0.2, 0.25) is 0 Å². The standard InChI is InChI=1S/C9H22NO/c1-8(2)10(5,6-7-11)9(3)4/h8-9,11H,6-7H2,1-5H3/q+1. The third-order valence-electron chi connectivity index (χ3n) is 2.94. The molecule has 0 bridgehead atoms. The second-order valence-electron chi connectivity index (χ2n) is 3.98. The Bertz CT molecular complexity index is 102. The van der Waals surface area contributed by atoms with E-state index in [1.54, 1.807) is 0 Å². The summed E-state index contributed by atoms with van der Waals surface area (Å²) in [5, 5.41) is 8.88. The number of hydrogen-bond donors (Lipinski definition) is 1. The van der Waals surface area contributed by atoms with E-state index in [1.807, 2.05) is 0 Å². The van der Waals surface area contributed by atoms with Crippen LogP contribution in [0.2, 0.25) is 0 Å². The van der Waals surface area contributed by atoms with Crippen LogP contribution in [0, 0.1) is 0 Å². The van der Waals surface area contributed by atoms with Crippen molar-refractivity contribution in [1.29, 1.82) is 0 Å². The fourth-order valence-electron chi connectivity index (χ4n) is 1.33. The van der Waals surface area contributed by atoms with Crippen LogP contribution >= 0.6 is 0 Å². The summed E-state index contributed by atoms with van der Waals surface area (Å²) in [7, 11) is 2.20. The molecule has 0 saturated heterocycles. The number of quaternary nitrogens is 1. The molecule has 0 amide bonds. The summed E-state index contributed by atoms with van der Waals surface area (Å²) in [6.45, 7) is 9.96. The fourth-order valence-corrected chi connectivity index (χ4v) is 1.33. The summed E-state index contributed by atoms with van der Waals surface area (Å²) in [4.78, 5) is 0.